The largest absolute Gasteiger partial charge is 0.397 e. The van der Waals surface area contributed by atoms with Crippen LogP contribution in [0.2, 0.25) is 0 Å². The molecule has 1 heterocycles. The Labute approximate surface area is 94.9 Å². The van der Waals surface area contributed by atoms with Crippen molar-refractivity contribution in [3.63, 3.8) is 0 Å². The number of hydrogen-bond donors (Lipinski definition) is 3. The van der Waals surface area contributed by atoms with Gasteiger partial charge in [-0.3, -0.25) is 0 Å². The zero-order valence-electron chi connectivity index (χ0n) is 9.27. The lowest BCUT2D eigenvalue weighted by Gasteiger charge is -2.14. The second-order valence-corrected chi connectivity index (χ2v) is 3.69. The number of anilines is 2. The van der Waals surface area contributed by atoms with Gasteiger partial charge in [0.2, 0.25) is 0 Å². The van der Waals surface area contributed by atoms with Crippen LogP contribution in [0, 0.1) is 11.3 Å². The number of nitrogens with two attached hydrogens (primary N) is 1. The van der Waals surface area contributed by atoms with E-state index in [1.165, 1.54) is 6.20 Å². The van der Waals surface area contributed by atoms with Gasteiger partial charge in [-0.1, -0.05) is 0 Å². The van der Waals surface area contributed by atoms with Crippen LogP contribution in [-0.4, -0.2) is 22.7 Å². The fraction of sp³-hybridized carbons (Fsp3) is 0.455. The number of nitriles is 1. The van der Waals surface area contributed by atoms with Crippen molar-refractivity contribution in [3.05, 3.63) is 17.8 Å². The van der Waals surface area contributed by atoms with Crippen LogP contribution in [0.5, 0.6) is 0 Å². The molecular formula is C11H16N4O. The first kappa shape index (κ1) is 12.3. The summed E-state index contributed by atoms with van der Waals surface area (Å²) < 4.78 is 0. The topological polar surface area (TPSA) is 95.0 Å². The number of nitrogens with zero attached hydrogens (tertiary/aromatic N) is 2. The summed E-state index contributed by atoms with van der Waals surface area (Å²) in [6.45, 7) is 2.15. The predicted molar refractivity (Wildman–Crippen MR) is 62.8 cm³/mol. The van der Waals surface area contributed by atoms with Gasteiger partial charge in [-0.15, -0.1) is 0 Å². The Morgan fingerprint density at radius 1 is 1.69 bits per heavy atom. The van der Waals surface area contributed by atoms with Gasteiger partial charge in [-0.25, -0.2) is 4.98 Å². The van der Waals surface area contributed by atoms with Crippen LogP contribution in [0.1, 0.15) is 25.3 Å². The van der Waals surface area contributed by atoms with Crippen molar-refractivity contribution in [2.45, 2.75) is 25.8 Å². The highest BCUT2D eigenvalue weighted by Crippen LogP contribution is 2.16. The highest BCUT2D eigenvalue weighted by Gasteiger charge is 2.07. The number of nitrogens with one attached hydrogen (secondary N) is 1. The standard InChI is InChI=1S/C11H16N4O/c1-8(3-2-4-16)15-11-9(6-12)5-10(13)7-14-11/h5,7-8,16H,2-4,13H2,1H3,(H,14,15). The number of aliphatic hydroxyl groups excluding tert-OH is 1. The van der Waals surface area contributed by atoms with Crippen molar-refractivity contribution in [2.75, 3.05) is 17.7 Å². The van der Waals surface area contributed by atoms with Crippen molar-refractivity contribution in [3.8, 4) is 6.07 Å². The molecule has 0 fully saturated rings. The van der Waals surface area contributed by atoms with E-state index in [-0.39, 0.29) is 12.6 Å². The lowest BCUT2D eigenvalue weighted by molar-refractivity contribution is 0.282. The smallest absolute Gasteiger partial charge is 0.144 e. The minimum absolute atomic E-state index is 0.162. The number of aromatic nitrogens is 1. The Bertz CT molecular complexity index is 386. The van der Waals surface area contributed by atoms with Crippen LogP contribution >= 0.6 is 0 Å². The maximum absolute atomic E-state index is 8.91. The number of rotatable bonds is 5. The molecule has 16 heavy (non-hydrogen) atoms. The lowest BCUT2D eigenvalue weighted by Crippen LogP contribution is -2.17. The highest BCUT2D eigenvalue weighted by molar-refractivity contribution is 5.57. The van der Waals surface area contributed by atoms with Gasteiger partial charge in [0.1, 0.15) is 11.9 Å². The maximum atomic E-state index is 8.91. The summed E-state index contributed by atoms with van der Waals surface area (Å²) >= 11 is 0. The summed E-state index contributed by atoms with van der Waals surface area (Å²) in [5.74, 6) is 0.544. The molecule has 0 saturated heterocycles. The van der Waals surface area contributed by atoms with Crippen molar-refractivity contribution < 1.29 is 5.11 Å². The van der Waals surface area contributed by atoms with E-state index in [2.05, 4.69) is 10.3 Å². The molecule has 5 heteroatoms. The summed E-state index contributed by atoms with van der Waals surface area (Å²) in [4.78, 5) is 4.08. The summed E-state index contributed by atoms with van der Waals surface area (Å²) in [7, 11) is 0. The Hall–Kier alpha value is -1.80. The molecule has 1 aromatic heterocycles. The van der Waals surface area contributed by atoms with Gasteiger partial charge in [-0.05, 0) is 25.8 Å². The Balaban J connectivity index is 2.70. The van der Waals surface area contributed by atoms with Crippen LogP contribution in [0.3, 0.4) is 0 Å². The normalized spacial score (nSPS) is 11.8. The van der Waals surface area contributed by atoms with Crippen molar-refractivity contribution >= 4 is 11.5 Å². The Kier molecular flexibility index (Phi) is 4.55. The molecule has 0 aromatic carbocycles. The van der Waals surface area contributed by atoms with Crippen LogP contribution in [0.4, 0.5) is 11.5 Å². The van der Waals surface area contributed by atoms with Gasteiger partial charge in [0.05, 0.1) is 17.4 Å². The summed E-state index contributed by atoms with van der Waals surface area (Å²) in [6.07, 6.45) is 3.07. The molecule has 4 N–H and O–H groups in total. The monoisotopic (exact) mass is 220 g/mol. The number of pyridine rings is 1. The highest BCUT2D eigenvalue weighted by atomic mass is 16.2. The summed E-state index contributed by atoms with van der Waals surface area (Å²) in [5.41, 5.74) is 6.46. The van der Waals surface area contributed by atoms with E-state index >= 15 is 0 Å². The second-order valence-electron chi connectivity index (χ2n) is 3.69. The average Bonchev–Trinajstić information content (AvgIpc) is 2.28. The van der Waals surface area contributed by atoms with Crippen LogP contribution < -0.4 is 11.1 Å². The molecule has 0 spiro atoms. The van der Waals surface area contributed by atoms with Gasteiger partial charge >= 0.3 is 0 Å². The molecule has 0 radical (unpaired) electrons. The summed E-state index contributed by atoms with van der Waals surface area (Å²) in [6, 6.07) is 3.80. The average molecular weight is 220 g/mol. The van der Waals surface area contributed by atoms with Crippen LogP contribution in [0.25, 0.3) is 0 Å². The first-order valence-corrected chi connectivity index (χ1v) is 5.20. The molecule has 0 saturated carbocycles. The van der Waals surface area contributed by atoms with Crippen molar-refractivity contribution in [1.82, 2.24) is 4.98 Å². The lowest BCUT2D eigenvalue weighted by atomic mass is 10.1. The first-order chi connectivity index (χ1) is 7.67. The molecule has 0 aliphatic heterocycles. The quantitative estimate of drug-likeness (QED) is 0.690. The van der Waals surface area contributed by atoms with Crippen LogP contribution in [-0.2, 0) is 0 Å². The van der Waals surface area contributed by atoms with E-state index < -0.39 is 0 Å². The molecular weight excluding hydrogens is 204 g/mol. The molecule has 0 aliphatic carbocycles. The predicted octanol–water partition coefficient (Wildman–Crippen LogP) is 1.11. The fourth-order valence-corrected chi connectivity index (χ4v) is 1.38. The van der Waals surface area contributed by atoms with E-state index in [0.717, 1.165) is 12.8 Å². The van der Waals surface area contributed by atoms with Gasteiger partial charge in [0.25, 0.3) is 0 Å². The molecule has 86 valence electrons. The van der Waals surface area contributed by atoms with E-state index in [9.17, 15) is 0 Å². The Morgan fingerprint density at radius 3 is 3.06 bits per heavy atom. The number of aliphatic hydroxyl groups is 1. The van der Waals surface area contributed by atoms with Gasteiger partial charge < -0.3 is 16.2 Å². The molecule has 1 rings (SSSR count). The van der Waals surface area contributed by atoms with E-state index in [4.69, 9.17) is 16.1 Å². The van der Waals surface area contributed by atoms with Crippen molar-refractivity contribution in [2.24, 2.45) is 0 Å². The second kappa shape index (κ2) is 5.93. The maximum Gasteiger partial charge on any atom is 0.144 e. The molecule has 0 aliphatic rings. The van der Waals surface area contributed by atoms with Crippen LogP contribution in [0.15, 0.2) is 12.3 Å². The minimum Gasteiger partial charge on any atom is -0.397 e. The zero-order valence-corrected chi connectivity index (χ0v) is 9.27. The van der Waals surface area contributed by atoms with Crippen molar-refractivity contribution in [1.29, 1.82) is 5.26 Å². The molecule has 5 nitrogen and oxygen atoms in total. The van der Waals surface area contributed by atoms with E-state index in [1.807, 2.05) is 13.0 Å². The van der Waals surface area contributed by atoms with Gasteiger partial charge in [0, 0.05) is 12.6 Å². The van der Waals surface area contributed by atoms with E-state index in [1.54, 1.807) is 6.07 Å². The fourth-order valence-electron chi connectivity index (χ4n) is 1.38. The third kappa shape index (κ3) is 3.41. The first-order valence-electron chi connectivity index (χ1n) is 5.20. The molecule has 1 atom stereocenters. The molecule has 0 bridgehead atoms. The SMILES string of the molecule is CC(CCCO)Nc1ncc(N)cc1C#N. The molecule has 1 aromatic rings. The van der Waals surface area contributed by atoms with E-state index in [0.29, 0.717) is 17.1 Å². The molecule has 1 unspecified atom stereocenters. The van der Waals surface area contributed by atoms with Gasteiger partial charge in [0.15, 0.2) is 0 Å². The molecule has 0 amide bonds. The van der Waals surface area contributed by atoms with Gasteiger partial charge in [-0.2, -0.15) is 5.26 Å². The summed E-state index contributed by atoms with van der Waals surface area (Å²) in [5, 5.41) is 20.7. The third-order valence-corrected chi connectivity index (χ3v) is 2.21. The third-order valence-electron chi connectivity index (χ3n) is 2.21. The number of hydrogen-bond acceptors (Lipinski definition) is 5. The number of nitrogen functional groups attached to an aromatic ring is 1. The minimum atomic E-state index is 0.162. The Morgan fingerprint density at radius 2 is 2.44 bits per heavy atom. The zero-order chi connectivity index (χ0) is 12.0.